The van der Waals surface area contributed by atoms with E-state index in [2.05, 4.69) is 9.71 Å². The van der Waals surface area contributed by atoms with E-state index in [-0.39, 0.29) is 12.3 Å². The fourth-order valence-corrected chi connectivity index (χ4v) is 4.89. The summed E-state index contributed by atoms with van der Waals surface area (Å²) in [5, 5.41) is 4.75. The normalized spacial score (nSPS) is 14.0. The molecule has 1 aliphatic rings. The monoisotopic (exact) mass is 414 g/mol. The number of rotatable bonds is 7. The average Bonchev–Trinajstić information content (AvgIpc) is 3.07. The molecule has 29 heavy (non-hydrogen) atoms. The Balaban J connectivity index is 1.46. The zero-order chi connectivity index (χ0) is 20.3. The van der Waals surface area contributed by atoms with E-state index in [1.54, 1.807) is 12.3 Å². The van der Waals surface area contributed by atoms with Crippen LogP contribution in [0.2, 0.25) is 0 Å². The van der Waals surface area contributed by atoms with Crippen molar-refractivity contribution in [3.63, 3.8) is 0 Å². The first kappa shape index (κ1) is 19.7. The molecule has 0 atom stereocenters. The highest BCUT2D eigenvalue weighted by molar-refractivity contribution is 7.88. The first-order valence-electron chi connectivity index (χ1n) is 9.73. The molecule has 1 aromatic carbocycles. The maximum absolute atomic E-state index is 13.3. The molecule has 8 heteroatoms. The second-order valence-electron chi connectivity index (χ2n) is 7.20. The summed E-state index contributed by atoms with van der Waals surface area (Å²) in [6, 6.07) is 11.4. The largest absolute Gasteiger partial charge is 0.267 e. The highest BCUT2D eigenvalue weighted by Crippen LogP contribution is 2.30. The fourth-order valence-electron chi connectivity index (χ4n) is 3.77. The molecule has 0 fully saturated rings. The van der Waals surface area contributed by atoms with Crippen molar-refractivity contribution in [2.75, 3.05) is 6.54 Å². The summed E-state index contributed by atoms with van der Waals surface area (Å²) in [6.45, 7) is 0.672. The average molecular weight is 415 g/mol. The van der Waals surface area contributed by atoms with E-state index in [0.717, 1.165) is 37.1 Å². The van der Waals surface area contributed by atoms with Crippen LogP contribution >= 0.6 is 0 Å². The second-order valence-corrected chi connectivity index (χ2v) is 9.01. The number of nitrogens with one attached hydrogen (secondary N) is 1. The Kier molecular flexibility index (Phi) is 5.73. The van der Waals surface area contributed by atoms with Crippen LogP contribution in [0.15, 0.2) is 48.7 Å². The van der Waals surface area contributed by atoms with Gasteiger partial charge in [-0.3, -0.25) is 9.67 Å². The Bertz CT molecular complexity index is 1100. The number of sulfonamides is 1. The number of fused-ring (bicyclic) bond motifs is 1. The number of benzene rings is 1. The van der Waals surface area contributed by atoms with Crippen LogP contribution in [0.4, 0.5) is 4.39 Å². The van der Waals surface area contributed by atoms with Gasteiger partial charge < -0.3 is 0 Å². The van der Waals surface area contributed by atoms with Crippen LogP contribution in [0.3, 0.4) is 0 Å². The summed E-state index contributed by atoms with van der Waals surface area (Å²) in [5.41, 5.74) is 4.55. The van der Waals surface area contributed by atoms with Crippen LogP contribution in [0.5, 0.6) is 0 Å². The third-order valence-corrected chi connectivity index (χ3v) is 6.41. The molecule has 0 radical (unpaired) electrons. The van der Waals surface area contributed by atoms with Gasteiger partial charge in [0.05, 0.1) is 18.0 Å². The maximum Gasteiger partial charge on any atom is 0.215 e. The summed E-state index contributed by atoms with van der Waals surface area (Å²) >= 11 is 0. The minimum absolute atomic E-state index is 0.230. The van der Waals surface area contributed by atoms with Crippen molar-refractivity contribution >= 4 is 10.0 Å². The fraction of sp³-hybridized carbons (Fsp3) is 0.333. The van der Waals surface area contributed by atoms with Gasteiger partial charge in [-0.2, -0.15) is 5.10 Å². The summed E-state index contributed by atoms with van der Waals surface area (Å²) in [6.07, 6.45) is 5.88. The van der Waals surface area contributed by atoms with Gasteiger partial charge in [0.2, 0.25) is 10.0 Å². The molecular formula is C21H23FN4O2S. The minimum Gasteiger partial charge on any atom is -0.267 e. The zero-order valence-electron chi connectivity index (χ0n) is 16.0. The Morgan fingerprint density at radius 1 is 1.10 bits per heavy atom. The predicted octanol–water partition coefficient (Wildman–Crippen LogP) is 3.08. The van der Waals surface area contributed by atoms with Gasteiger partial charge in [-0.15, -0.1) is 0 Å². The van der Waals surface area contributed by atoms with Gasteiger partial charge in [-0.05, 0) is 55.5 Å². The molecule has 0 saturated heterocycles. The Morgan fingerprint density at radius 3 is 2.76 bits per heavy atom. The molecule has 1 aliphatic carbocycles. The van der Waals surface area contributed by atoms with Crippen molar-refractivity contribution in [2.24, 2.45) is 0 Å². The molecule has 0 amide bonds. The molecular weight excluding hydrogens is 391 g/mol. The SMILES string of the molecule is O=S(=O)(Cc1cccc(F)c1)NCCn1nc(-c2ccccn2)c2c1CCCC2. The van der Waals surface area contributed by atoms with E-state index < -0.39 is 15.8 Å². The zero-order valence-corrected chi connectivity index (χ0v) is 16.8. The summed E-state index contributed by atoms with van der Waals surface area (Å²) < 4.78 is 42.5. The van der Waals surface area contributed by atoms with E-state index >= 15 is 0 Å². The molecule has 0 bridgehead atoms. The van der Waals surface area contributed by atoms with Gasteiger partial charge in [0.1, 0.15) is 11.5 Å². The van der Waals surface area contributed by atoms with Gasteiger partial charge in [0.25, 0.3) is 0 Å². The van der Waals surface area contributed by atoms with E-state index in [0.29, 0.717) is 12.1 Å². The van der Waals surface area contributed by atoms with Gasteiger partial charge in [-0.25, -0.2) is 17.5 Å². The molecule has 0 unspecified atom stereocenters. The number of halogens is 1. The maximum atomic E-state index is 13.3. The minimum atomic E-state index is -3.56. The van der Waals surface area contributed by atoms with Crippen LogP contribution in [0.1, 0.15) is 29.7 Å². The number of nitrogens with zero attached hydrogens (tertiary/aromatic N) is 3. The lowest BCUT2D eigenvalue weighted by molar-refractivity contribution is 0.538. The molecule has 6 nitrogen and oxygen atoms in total. The van der Waals surface area contributed by atoms with Crippen molar-refractivity contribution in [2.45, 2.75) is 38.0 Å². The Labute approximate surface area is 169 Å². The molecule has 2 heterocycles. The smallest absolute Gasteiger partial charge is 0.215 e. The molecule has 1 N–H and O–H groups in total. The van der Waals surface area contributed by atoms with E-state index in [1.807, 2.05) is 22.9 Å². The number of hydrogen-bond acceptors (Lipinski definition) is 4. The topological polar surface area (TPSA) is 76.9 Å². The summed E-state index contributed by atoms with van der Waals surface area (Å²) in [4.78, 5) is 4.43. The van der Waals surface area contributed by atoms with Gasteiger partial charge in [0.15, 0.2) is 0 Å². The molecule has 2 aromatic heterocycles. The standard InChI is InChI=1S/C21H23FN4O2S/c22-17-7-5-6-16(14-17)15-29(27,28)24-12-13-26-20-10-2-1-8-18(20)21(25-26)19-9-3-4-11-23-19/h3-7,9,11,14,24H,1-2,8,10,12-13,15H2. The van der Waals surface area contributed by atoms with E-state index in [4.69, 9.17) is 5.10 Å². The highest BCUT2D eigenvalue weighted by Gasteiger charge is 2.22. The summed E-state index contributed by atoms with van der Waals surface area (Å²) in [5.74, 6) is -0.691. The molecule has 0 saturated carbocycles. The third kappa shape index (κ3) is 4.71. The number of aromatic nitrogens is 3. The van der Waals surface area contributed by atoms with Crippen molar-refractivity contribution in [1.29, 1.82) is 0 Å². The third-order valence-electron chi connectivity index (χ3n) is 5.06. The lowest BCUT2D eigenvalue weighted by atomic mass is 9.95. The van der Waals surface area contributed by atoms with Crippen molar-refractivity contribution in [1.82, 2.24) is 19.5 Å². The van der Waals surface area contributed by atoms with Crippen LogP contribution in [0, 0.1) is 5.82 Å². The molecule has 3 aromatic rings. The Hall–Kier alpha value is -2.58. The van der Waals surface area contributed by atoms with E-state index in [1.165, 1.54) is 29.5 Å². The number of hydrogen-bond donors (Lipinski definition) is 1. The first-order valence-corrected chi connectivity index (χ1v) is 11.4. The molecule has 0 aliphatic heterocycles. The lowest BCUT2D eigenvalue weighted by Gasteiger charge is -2.14. The first-order chi connectivity index (χ1) is 14.0. The van der Waals surface area contributed by atoms with Crippen LogP contribution in [-0.4, -0.2) is 29.7 Å². The van der Waals surface area contributed by atoms with Crippen molar-refractivity contribution in [3.05, 3.63) is 71.3 Å². The lowest BCUT2D eigenvalue weighted by Crippen LogP contribution is -2.29. The van der Waals surface area contributed by atoms with Crippen molar-refractivity contribution < 1.29 is 12.8 Å². The van der Waals surface area contributed by atoms with Gasteiger partial charge in [0, 0.05) is 24.0 Å². The highest BCUT2D eigenvalue weighted by atomic mass is 32.2. The molecule has 4 rings (SSSR count). The summed E-state index contributed by atoms with van der Waals surface area (Å²) in [7, 11) is -3.56. The van der Waals surface area contributed by atoms with Crippen LogP contribution in [0.25, 0.3) is 11.4 Å². The van der Waals surface area contributed by atoms with Crippen LogP contribution in [-0.2, 0) is 35.2 Å². The van der Waals surface area contributed by atoms with Crippen LogP contribution < -0.4 is 4.72 Å². The quantitative estimate of drug-likeness (QED) is 0.645. The van der Waals surface area contributed by atoms with Gasteiger partial charge >= 0.3 is 0 Å². The van der Waals surface area contributed by atoms with Crippen molar-refractivity contribution in [3.8, 4) is 11.4 Å². The van der Waals surface area contributed by atoms with E-state index in [9.17, 15) is 12.8 Å². The molecule has 152 valence electrons. The van der Waals surface area contributed by atoms with Gasteiger partial charge in [-0.1, -0.05) is 18.2 Å². The second kappa shape index (κ2) is 8.42. The Morgan fingerprint density at radius 2 is 1.97 bits per heavy atom. The predicted molar refractivity (Wildman–Crippen MR) is 109 cm³/mol. The molecule has 0 spiro atoms. The number of pyridine rings is 1.